The fraction of sp³-hybridized carbons (Fsp3) is 0.278. The van der Waals surface area contributed by atoms with Gasteiger partial charge in [0, 0.05) is 32.2 Å². The molecule has 0 saturated heterocycles. The molecule has 0 aliphatic carbocycles. The number of aliphatic imine (C=N–C) groups is 1. The van der Waals surface area contributed by atoms with Crippen LogP contribution in [-0.4, -0.2) is 34.5 Å². The maximum absolute atomic E-state index is 13.6. The van der Waals surface area contributed by atoms with E-state index in [1.807, 2.05) is 6.92 Å². The van der Waals surface area contributed by atoms with Crippen LogP contribution in [0.15, 0.2) is 52.4 Å². The van der Waals surface area contributed by atoms with E-state index in [2.05, 4.69) is 20.3 Å². The van der Waals surface area contributed by atoms with Gasteiger partial charge < -0.3 is 10.6 Å². The van der Waals surface area contributed by atoms with E-state index in [1.54, 1.807) is 24.3 Å². The van der Waals surface area contributed by atoms with Gasteiger partial charge in [0.25, 0.3) is 0 Å². The summed E-state index contributed by atoms with van der Waals surface area (Å²) in [5.41, 5.74) is 1.14. The zero-order valence-corrected chi connectivity index (χ0v) is 18.6. The minimum atomic E-state index is -3.59. The van der Waals surface area contributed by atoms with Gasteiger partial charge >= 0.3 is 0 Å². The van der Waals surface area contributed by atoms with Crippen molar-refractivity contribution in [1.29, 1.82) is 0 Å². The minimum absolute atomic E-state index is 0. The molecule has 154 valence electrons. The molecule has 28 heavy (non-hydrogen) atoms. The highest BCUT2D eigenvalue weighted by Gasteiger charge is 2.12. The van der Waals surface area contributed by atoms with Crippen LogP contribution in [0.25, 0.3) is 0 Å². The highest BCUT2D eigenvalue weighted by atomic mass is 127. The molecular weight excluding hydrogens is 501 g/mol. The van der Waals surface area contributed by atoms with E-state index in [-0.39, 0.29) is 54.1 Å². The average molecular weight is 524 g/mol. The summed E-state index contributed by atoms with van der Waals surface area (Å²) in [4.78, 5) is 4.15. The van der Waals surface area contributed by atoms with Crippen LogP contribution in [0.5, 0.6) is 0 Å². The quantitative estimate of drug-likeness (QED) is 0.225. The Kier molecular flexibility index (Phi) is 9.76. The Morgan fingerprint density at radius 1 is 1.04 bits per heavy atom. The number of guanidine groups is 1. The molecule has 0 aliphatic rings. The Hall–Kier alpha value is -1.79. The van der Waals surface area contributed by atoms with E-state index in [1.165, 1.54) is 7.05 Å². The second kappa shape index (κ2) is 11.3. The van der Waals surface area contributed by atoms with Gasteiger partial charge in [-0.25, -0.2) is 21.9 Å². The molecule has 0 spiro atoms. The Bertz CT molecular complexity index is 906. The van der Waals surface area contributed by atoms with Crippen molar-refractivity contribution in [2.24, 2.45) is 4.99 Å². The second-order valence-corrected chi connectivity index (χ2v) is 7.57. The number of hydrogen-bond acceptors (Lipinski definition) is 3. The standard InChI is InChI=1S/C18H22F2N4O2S.HI/c1-13-3-6-16(7-4-13)27(25,26)24-10-9-22-18(21-2)23-12-14-11-15(19)5-8-17(14)20;/h3-8,11,24H,9-10,12H2,1-2H3,(H2,21,22,23);1H. The first-order valence-corrected chi connectivity index (χ1v) is 9.75. The van der Waals surface area contributed by atoms with Crippen molar-refractivity contribution in [3.63, 3.8) is 0 Å². The summed E-state index contributed by atoms with van der Waals surface area (Å²) in [5, 5.41) is 5.75. The molecule has 0 aliphatic heterocycles. The summed E-state index contributed by atoms with van der Waals surface area (Å²) < 4.78 is 53.6. The van der Waals surface area contributed by atoms with Crippen molar-refractivity contribution < 1.29 is 17.2 Å². The molecule has 0 fully saturated rings. The van der Waals surface area contributed by atoms with E-state index in [0.29, 0.717) is 5.96 Å². The summed E-state index contributed by atoms with van der Waals surface area (Å²) in [6.07, 6.45) is 0. The van der Waals surface area contributed by atoms with Gasteiger partial charge in [-0.1, -0.05) is 17.7 Å². The normalized spacial score (nSPS) is 11.6. The van der Waals surface area contributed by atoms with E-state index in [4.69, 9.17) is 0 Å². The first-order valence-electron chi connectivity index (χ1n) is 8.26. The molecular formula is C18H23F2IN4O2S. The molecule has 0 saturated carbocycles. The Morgan fingerprint density at radius 2 is 1.71 bits per heavy atom. The van der Waals surface area contributed by atoms with Crippen molar-refractivity contribution in [2.75, 3.05) is 20.1 Å². The molecule has 6 nitrogen and oxygen atoms in total. The highest BCUT2D eigenvalue weighted by Crippen LogP contribution is 2.10. The predicted molar refractivity (Wildman–Crippen MR) is 116 cm³/mol. The highest BCUT2D eigenvalue weighted by molar-refractivity contribution is 14.0. The molecule has 3 N–H and O–H groups in total. The van der Waals surface area contributed by atoms with Gasteiger partial charge in [-0.3, -0.25) is 4.99 Å². The zero-order chi connectivity index (χ0) is 19.9. The lowest BCUT2D eigenvalue weighted by Gasteiger charge is -2.13. The first kappa shape index (κ1) is 24.2. The van der Waals surface area contributed by atoms with Crippen molar-refractivity contribution in [3.8, 4) is 0 Å². The molecule has 2 aromatic carbocycles. The number of halogens is 3. The van der Waals surface area contributed by atoms with Crippen LogP contribution in [0.4, 0.5) is 8.78 Å². The number of aryl methyl sites for hydroxylation is 1. The number of hydrogen-bond donors (Lipinski definition) is 3. The van der Waals surface area contributed by atoms with Crippen LogP contribution in [-0.2, 0) is 16.6 Å². The van der Waals surface area contributed by atoms with Gasteiger partial charge in [-0.05, 0) is 37.3 Å². The molecule has 2 rings (SSSR count). The number of nitrogens with zero attached hydrogens (tertiary/aromatic N) is 1. The maximum Gasteiger partial charge on any atom is 0.240 e. The summed E-state index contributed by atoms with van der Waals surface area (Å²) in [5.74, 6) is -0.708. The van der Waals surface area contributed by atoms with Gasteiger partial charge in [-0.15, -0.1) is 24.0 Å². The third kappa shape index (κ3) is 7.32. The predicted octanol–water partition coefficient (Wildman–Crippen LogP) is 2.53. The van der Waals surface area contributed by atoms with Crippen LogP contribution < -0.4 is 15.4 Å². The van der Waals surface area contributed by atoms with Crippen LogP contribution in [0.1, 0.15) is 11.1 Å². The van der Waals surface area contributed by atoms with Crippen LogP contribution >= 0.6 is 24.0 Å². The number of rotatable bonds is 7. The topological polar surface area (TPSA) is 82.6 Å². The minimum Gasteiger partial charge on any atom is -0.355 e. The number of sulfonamides is 1. The second-order valence-electron chi connectivity index (χ2n) is 5.80. The van der Waals surface area contributed by atoms with E-state index < -0.39 is 21.7 Å². The molecule has 0 amide bonds. The third-order valence-electron chi connectivity index (χ3n) is 3.72. The van der Waals surface area contributed by atoms with E-state index >= 15 is 0 Å². The van der Waals surface area contributed by atoms with E-state index in [0.717, 1.165) is 23.8 Å². The Morgan fingerprint density at radius 3 is 2.36 bits per heavy atom. The molecule has 10 heteroatoms. The number of nitrogens with one attached hydrogen (secondary N) is 3. The lowest BCUT2D eigenvalue weighted by atomic mass is 10.2. The lowest BCUT2D eigenvalue weighted by Crippen LogP contribution is -2.41. The summed E-state index contributed by atoms with van der Waals surface area (Å²) in [7, 11) is -2.07. The van der Waals surface area contributed by atoms with Crippen molar-refractivity contribution in [1.82, 2.24) is 15.4 Å². The molecule has 0 bridgehead atoms. The van der Waals surface area contributed by atoms with E-state index in [9.17, 15) is 17.2 Å². The zero-order valence-electron chi connectivity index (χ0n) is 15.5. The smallest absolute Gasteiger partial charge is 0.240 e. The van der Waals surface area contributed by atoms with Gasteiger partial charge in [0.1, 0.15) is 11.6 Å². The molecule has 0 heterocycles. The summed E-state index contributed by atoms with van der Waals surface area (Å²) in [6, 6.07) is 9.74. The van der Waals surface area contributed by atoms with Crippen molar-refractivity contribution in [2.45, 2.75) is 18.4 Å². The fourth-order valence-electron chi connectivity index (χ4n) is 2.25. The van der Waals surface area contributed by atoms with Crippen molar-refractivity contribution >= 4 is 40.0 Å². The third-order valence-corrected chi connectivity index (χ3v) is 5.20. The molecule has 0 atom stereocenters. The van der Waals surface area contributed by atoms with Gasteiger partial charge in [0.15, 0.2) is 5.96 Å². The Balaban J connectivity index is 0.00000392. The lowest BCUT2D eigenvalue weighted by molar-refractivity contribution is 0.578. The van der Waals surface area contributed by atoms with Gasteiger partial charge in [0.2, 0.25) is 10.0 Å². The van der Waals surface area contributed by atoms with Crippen LogP contribution in [0.3, 0.4) is 0 Å². The SMILES string of the molecule is CN=C(NCCNS(=O)(=O)c1ccc(C)cc1)NCc1cc(F)ccc1F.I. The largest absolute Gasteiger partial charge is 0.355 e. The van der Waals surface area contributed by atoms with Crippen LogP contribution in [0, 0.1) is 18.6 Å². The monoisotopic (exact) mass is 524 g/mol. The molecule has 2 aromatic rings. The van der Waals surface area contributed by atoms with Crippen LogP contribution in [0.2, 0.25) is 0 Å². The maximum atomic E-state index is 13.6. The summed E-state index contributed by atoms with van der Waals surface area (Å²) in [6.45, 7) is 2.31. The fourth-order valence-corrected chi connectivity index (χ4v) is 3.28. The summed E-state index contributed by atoms with van der Waals surface area (Å²) >= 11 is 0. The van der Waals surface area contributed by atoms with Gasteiger partial charge in [0.05, 0.1) is 4.90 Å². The molecule has 0 aromatic heterocycles. The average Bonchev–Trinajstić information content (AvgIpc) is 2.64. The number of benzene rings is 2. The first-order chi connectivity index (χ1) is 12.8. The molecule has 0 radical (unpaired) electrons. The van der Waals surface area contributed by atoms with Gasteiger partial charge in [-0.2, -0.15) is 0 Å². The molecule has 0 unspecified atom stereocenters. The van der Waals surface area contributed by atoms with Crippen molar-refractivity contribution in [3.05, 3.63) is 65.2 Å². The Labute approximate surface area is 180 Å².